The van der Waals surface area contributed by atoms with Gasteiger partial charge in [0.1, 0.15) is 0 Å². The van der Waals surface area contributed by atoms with Gasteiger partial charge in [0.05, 0.1) is 6.04 Å². The largest absolute Gasteiger partial charge is 0.354 e. The van der Waals surface area contributed by atoms with Crippen LogP contribution in [0.2, 0.25) is 0 Å². The van der Waals surface area contributed by atoms with E-state index in [9.17, 15) is 4.79 Å². The average molecular weight is 228 g/mol. The molecular formula is C11H20N2OS. The highest BCUT2D eigenvalue weighted by molar-refractivity contribution is 7.99. The van der Waals surface area contributed by atoms with E-state index < -0.39 is 0 Å². The summed E-state index contributed by atoms with van der Waals surface area (Å²) in [6, 6.07) is 0.0861. The average Bonchev–Trinajstić information content (AvgIpc) is 2.81. The Kier molecular flexibility index (Phi) is 4.32. The van der Waals surface area contributed by atoms with Crippen molar-refractivity contribution in [3.05, 3.63) is 0 Å². The molecule has 2 heterocycles. The molecule has 15 heavy (non-hydrogen) atoms. The van der Waals surface area contributed by atoms with Crippen LogP contribution in [-0.4, -0.2) is 36.5 Å². The molecule has 0 radical (unpaired) electrons. The van der Waals surface area contributed by atoms with Gasteiger partial charge in [0, 0.05) is 6.54 Å². The number of rotatable bonds is 3. The Morgan fingerprint density at radius 2 is 2.13 bits per heavy atom. The van der Waals surface area contributed by atoms with Crippen molar-refractivity contribution >= 4 is 17.7 Å². The molecule has 2 aliphatic heterocycles. The number of carbonyl (C=O) groups excluding carboxylic acids is 1. The maximum absolute atomic E-state index is 11.7. The smallest absolute Gasteiger partial charge is 0.237 e. The van der Waals surface area contributed by atoms with Gasteiger partial charge in [0.15, 0.2) is 0 Å². The number of carbonyl (C=O) groups is 1. The zero-order valence-electron chi connectivity index (χ0n) is 9.13. The Morgan fingerprint density at radius 3 is 2.80 bits per heavy atom. The second-order valence-corrected chi connectivity index (χ2v) is 5.67. The van der Waals surface area contributed by atoms with Gasteiger partial charge in [0.2, 0.25) is 5.91 Å². The molecule has 0 aromatic heterocycles. The second-order valence-electron chi connectivity index (χ2n) is 4.45. The third-order valence-electron chi connectivity index (χ3n) is 3.28. The molecule has 0 aromatic rings. The fourth-order valence-corrected chi connectivity index (χ4v) is 3.43. The normalized spacial score (nSPS) is 27.9. The van der Waals surface area contributed by atoms with Crippen LogP contribution in [0.1, 0.15) is 25.7 Å². The van der Waals surface area contributed by atoms with Gasteiger partial charge in [-0.2, -0.15) is 11.8 Å². The lowest BCUT2D eigenvalue weighted by Gasteiger charge is -2.22. The molecule has 2 fully saturated rings. The first-order chi connectivity index (χ1) is 7.36. The maximum Gasteiger partial charge on any atom is 0.237 e. The molecule has 0 spiro atoms. The van der Waals surface area contributed by atoms with E-state index in [0.717, 1.165) is 31.8 Å². The zero-order chi connectivity index (χ0) is 10.5. The van der Waals surface area contributed by atoms with Gasteiger partial charge in [-0.1, -0.05) is 0 Å². The summed E-state index contributed by atoms with van der Waals surface area (Å²) in [4.78, 5) is 11.7. The van der Waals surface area contributed by atoms with Crippen LogP contribution in [0.3, 0.4) is 0 Å². The van der Waals surface area contributed by atoms with E-state index >= 15 is 0 Å². The Balaban J connectivity index is 1.65. The molecule has 2 saturated heterocycles. The second kappa shape index (κ2) is 5.75. The maximum atomic E-state index is 11.7. The topological polar surface area (TPSA) is 41.1 Å². The van der Waals surface area contributed by atoms with E-state index in [1.807, 2.05) is 11.8 Å². The predicted molar refractivity (Wildman–Crippen MR) is 64.1 cm³/mol. The zero-order valence-corrected chi connectivity index (χ0v) is 9.94. The standard InChI is InChI=1S/C11H20N2OS/c14-11(10-2-1-5-12-10)13-8-9-3-6-15-7-4-9/h9-10,12H,1-8H2,(H,13,14). The van der Waals surface area contributed by atoms with Crippen LogP contribution in [0.25, 0.3) is 0 Å². The van der Waals surface area contributed by atoms with Crippen LogP contribution in [0, 0.1) is 5.92 Å². The van der Waals surface area contributed by atoms with Crippen LogP contribution in [0.15, 0.2) is 0 Å². The molecule has 2 rings (SSSR count). The van der Waals surface area contributed by atoms with Gasteiger partial charge in [0.25, 0.3) is 0 Å². The van der Waals surface area contributed by atoms with Gasteiger partial charge < -0.3 is 10.6 Å². The monoisotopic (exact) mass is 228 g/mol. The van der Waals surface area contributed by atoms with Crippen LogP contribution < -0.4 is 10.6 Å². The highest BCUT2D eigenvalue weighted by Gasteiger charge is 2.22. The molecule has 0 aromatic carbocycles. The Hall–Kier alpha value is -0.220. The molecule has 86 valence electrons. The molecule has 0 aliphatic carbocycles. The van der Waals surface area contributed by atoms with E-state index in [1.165, 1.54) is 24.3 Å². The van der Waals surface area contributed by atoms with Crippen molar-refractivity contribution in [1.29, 1.82) is 0 Å². The summed E-state index contributed by atoms with van der Waals surface area (Å²) in [5.74, 6) is 3.46. The minimum atomic E-state index is 0.0861. The van der Waals surface area contributed by atoms with Crippen LogP contribution in [0.4, 0.5) is 0 Å². The lowest BCUT2D eigenvalue weighted by molar-refractivity contribution is -0.122. The number of nitrogens with one attached hydrogen (secondary N) is 2. The molecule has 1 amide bonds. The van der Waals surface area contributed by atoms with Crippen molar-refractivity contribution in [1.82, 2.24) is 10.6 Å². The summed E-state index contributed by atoms with van der Waals surface area (Å²) < 4.78 is 0. The van der Waals surface area contributed by atoms with Gasteiger partial charge in [-0.3, -0.25) is 4.79 Å². The van der Waals surface area contributed by atoms with E-state index in [2.05, 4.69) is 10.6 Å². The molecule has 1 unspecified atom stereocenters. The van der Waals surface area contributed by atoms with Crippen molar-refractivity contribution in [3.63, 3.8) is 0 Å². The van der Waals surface area contributed by atoms with Crippen LogP contribution in [0.5, 0.6) is 0 Å². The molecule has 2 aliphatic rings. The quantitative estimate of drug-likeness (QED) is 0.757. The molecule has 1 atom stereocenters. The van der Waals surface area contributed by atoms with Gasteiger partial charge >= 0.3 is 0 Å². The van der Waals surface area contributed by atoms with E-state index in [-0.39, 0.29) is 11.9 Å². The summed E-state index contributed by atoms with van der Waals surface area (Å²) in [5.41, 5.74) is 0. The Bertz CT molecular complexity index is 211. The molecule has 0 saturated carbocycles. The molecule has 3 nitrogen and oxygen atoms in total. The SMILES string of the molecule is O=C(NCC1CCSCC1)C1CCCN1. The highest BCUT2D eigenvalue weighted by atomic mass is 32.2. The molecular weight excluding hydrogens is 208 g/mol. The van der Waals surface area contributed by atoms with Crippen LogP contribution in [-0.2, 0) is 4.79 Å². The van der Waals surface area contributed by atoms with E-state index in [0.29, 0.717) is 0 Å². The number of amides is 1. The molecule has 0 bridgehead atoms. The van der Waals surface area contributed by atoms with Crippen molar-refractivity contribution < 1.29 is 4.79 Å². The van der Waals surface area contributed by atoms with Crippen molar-refractivity contribution in [2.24, 2.45) is 5.92 Å². The lowest BCUT2D eigenvalue weighted by Crippen LogP contribution is -2.42. The minimum Gasteiger partial charge on any atom is -0.354 e. The van der Waals surface area contributed by atoms with Crippen LogP contribution >= 0.6 is 11.8 Å². The number of thioether (sulfide) groups is 1. The predicted octanol–water partition coefficient (Wildman–Crippen LogP) is 0.998. The van der Waals surface area contributed by atoms with Gasteiger partial charge in [-0.15, -0.1) is 0 Å². The summed E-state index contributed by atoms with van der Waals surface area (Å²) in [7, 11) is 0. The fraction of sp³-hybridized carbons (Fsp3) is 0.909. The van der Waals surface area contributed by atoms with E-state index in [1.54, 1.807) is 0 Å². The summed E-state index contributed by atoms with van der Waals surface area (Å²) >= 11 is 2.03. The third kappa shape index (κ3) is 3.38. The molecule has 2 N–H and O–H groups in total. The van der Waals surface area contributed by atoms with Crippen molar-refractivity contribution in [2.45, 2.75) is 31.7 Å². The summed E-state index contributed by atoms with van der Waals surface area (Å²) in [5, 5.41) is 6.31. The first kappa shape index (κ1) is 11.3. The highest BCUT2D eigenvalue weighted by Crippen LogP contribution is 2.21. The Labute approximate surface area is 95.8 Å². The summed E-state index contributed by atoms with van der Waals surface area (Å²) in [6.07, 6.45) is 4.68. The molecule has 4 heteroatoms. The fourth-order valence-electron chi connectivity index (χ4n) is 2.23. The van der Waals surface area contributed by atoms with E-state index in [4.69, 9.17) is 0 Å². The first-order valence-corrected chi connectivity index (χ1v) is 7.10. The van der Waals surface area contributed by atoms with Gasteiger partial charge in [-0.05, 0) is 49.7 Å². The number of hydrogen-bond donors (Lipinski definition) is 2. The van der Waals surface area contributed by atoms with Crippen molar-refractivity contribution in [2.75, 3.05) is 24.6 Å². The third-order valence-corrected chi connectivity index (χ3v) is 4.33. The van der Waals surface area contributed by atoms with Crippen molar-refractivity contribution in [3.8, 4) is 0 Å². The first-order valence-electron chi connectivity index (χ1n) is 5.95. The minimum absolute atomic E-state index is 0.0861. The lowest BCUT2D eigenvalue weighted by atomic mass is 10.0. The van der Waals surface area contributed by atoms with Gasteiger partial charge in [-0.25, -0.2) is 0 Å². The number of hydrogen-bond acceptors (Lipinski definition) is 3. The Morgan fingerprint density at radius 1 is 1.33 bits per heavy atom. The summed E-state index contributed by atoms with van der Waals surface area (Å²) in [6.45, 7) is 1.88.